The fraction of sp³-hybridized carbons (Fsp3) is 0.125. The van der Waals surface area contributed by atoms with Crippen LogP contribution in [-0.4, -0.2) is 0 Å². The van der Waals surface area contributed by atoms with Crippen LogP contribution in [0, 0.1) is 6.92 Å². The Morgan fingerprint density at radius 2 is 1.95 bits per heavy atom. The fourth-order valence-corrected chi connectivity index (χ4v) is 3.15. The third-order valence-corrected chi connectivity index (χ3v) is 4.32. The molecule has 0 saturated heterocycles. The normalized spacial score (nSPS) is 10.8. The number of fused-ring (bicyclic) bond motifs is 1. The van der Waals surface area contributed by atoms with Crippen molar-refractivity contribution in [1.82, 2.24) is 0 Å². The largest absolute Gasteiger partial charge is 0.488 e. The molecule has 0 amide bonds. The van der Waals surface area contributed by atoms with E-state index in [4.69, 9.17) is 16.3 Å². The van der Waals surface area contributed by atoms with Gasteiger partial charge in [-0.1, -0.05) is 29.8 Å². The number of hydrogen-bond acceptors (Lipinski definition) is 2. The van der Waals surface area contributed by atoms with Gasteiger partial charge in [-0.05, 0) is 48.2 Å². The molecule has 3 heteroatoms. The Morgan fingerprint density at radius 3 is 2.79 bits per heavy atom. The van der Waals surface area contributed by atoms with Gasteiger partial charge in [0.1, 0.15) is 12.4 Å². The first-order valence-electron chi connectivity index (χ1n) is 6.09. The molecule has 96 valence electrons. The summed E-state index contributed by atoms with van der Waals surface area (Å²) in [6, 6.07) is 16.2. The number of hydrogen-bond donors (Lipinski definition) is 0. The topological polar surface area (TPSA) is 9.23 Å². The summed E-state index contributed by atoms with van der Waals surface area (Å²) in [7, 11) is 0. The van der Waals surface area contributed by atoms with Crippen LogP contribution in [0.5, 0.6) is 5.75 Å². The molecule has 2 aromatic carbocycles. The van der Waals surface area contributed by atoms with Gasteiger partial charge in [0.2, 0.25) is 0 Å². The Kier molecular flexibility index (Phi) is 3.45. The molecule has 0 spiro atoms. The van der Waals surface area contributed by atoms with Crippen molar-refractivity contribution in [3.05, 3.63) is 64.0 Å². The van der Waals surface area contributed by atoms with Crippen molar-refractivity contribution in [2.24, 2.45) is 0 Å². The monoisotopic (exact) mass is 288 g/mol. The second-order valence-electron chi connectivity index (χ2n) is 4.45. The molecular formula is C16H13ClOS. The molecule has 0 saturated carbocycles. The summed E-state index contributed by atoms with van der Waals surface area (Å²) in [6.45, 7) is 2.65. The van der Waals surface area contributed by atoms with Crippen molar-refractivity contribution < 1.29 is 4.74 Å². The maximum atomic E-state index is 6.00. The predicted octanol–water partition coefficient (Wildman–Crippen LogP) is 5.44. The number of rotatable bonds is 3. The first-order chi connectivity index (χ1) is 9.22. The number of halogens is 1. The second-order valence-corrected chi connectivity index (χ2v) is 6.05. The number of benzene rings is 2. The highest BCUT2D eigenvalue weighted by Crippen LogP contribution is 2.29. The highest BCUT2D eigenvalue weighted by atomic mass is 35.5. The summed E-state index contributed by atoms with van der Waals surface area (Å²) in [5, 5.41) is 1.96. The maximum absolute atomic E-state index is 6.00. The van der Waals surface area contributed by atoms with E-state index < -0.39 is 0 Å². The molecule has 19 heavy (non-hydrogen) atoms. The number of aryl methyl sites for hydroxylation is 1. The van der Waals surface area contributed by atoms with Gasteiger partial charge < -0.3 is 4.74 Å². The molecule has 0 radical (unpaired) electrons. The van der Waals surface area contributed by atoms with E-state index in [0.29, 0.717) is 6.61 Å². The molecule has 1 nitrogen and oxygen atoms in total. The van der Waals surface area contributed by atoms with Crippen LogP contribution >= 0.6 is 22.9 Å². The fourth-order valence-electron chi connectivity index (χ4n) is 2.01. The van der Waals surface area contributed by atoms with Crippen LogP contribution in [0.3, 0.4) is 0 Å². The molecule has 1 aromatic heterocycles. The highest BCUT2D eigenvalue weighted by molar-refractivity contribution is 7.19. The lowest BCUT2D eigenvalue weighted by Crippen LogP contribution is -1.94. The van der Waals surface area contributed by atoms with Crippen molar-refractivity contribution in [1.29, 1.82) is 0 Å². The molecule has 0 unspecified atom stereocenters. The lowest BCUT2D eigenvalue weighted by molar-refractivity contribution is 0.308. The van der Waals surface area contributed by atoms with Crippen LogP contribution in [0.2, 0.25) is 5.02 Å². The Hall–Kier alpha value is -1.51. The molecule has 0 atom stereocenters. The van der Waals surface area contributed by atoms with E-state index in [-0.39, 0.29) is 0 Å². The molecule has 3 aromatic rings. The summed E-state index contributed by atoms with van der Waals surface area (Å²) in [5.74, 6) is 0.943. The zero-order valence-corrected chi connectivity index (χ0v) is 12.1. The van der Waals surface area contributed by atoms with E-state index in [1.54, 1.807) is 11.3 Å². The van der Waals surface area contributed by atoms with Crippen molar-refractivity contribution in [2.45, 2.75) is 13.5 Å². The highest BCUT2D eigenvalue weighted by Gasteiger charge is 2.04. The van der Waals surface area contributed by atoms with Crippen LogP contribution in [0.15, 0.2) is 48.5 Å². The van der Waals surface area contributed by atoms with E-state index in [2.05, 4.69) is 25.1 Å². The van der Waals surface area contributed by atoms with Gasteiger partial charge in [-0.15, -0.1) is 11.3 Å². The third kappa shape index (κ3) is 2.75. The Bertz CT molecular complexity index is 718. The number of ether oxygens (including phenoxy) is 1. The maximum Gasteiger partial charge on any atom is 0.122 e. The summed E-state index contributed by atoms with van der Waals surface area (Å²) < 4.78 is 7.10. The smallest absolute Gasteiger partial charge is 0.122 e. The first kappa shape index (κ1) is 12.5. The van der Waals surface area contributed by atoms with E-state index in [9.17, 15) is 0 Å². The van der Waals surface area contributed by atoms with Gasteiger partial charge in [0.15, 0.2) is 0 Å². The molecule has 0 N–H and O–H groups in total. The van der Waals surface area contributed by atoms with Crippen LogP contribution in [0.1, 0.15) is 10.4 Å². The standard InChI is InChI=1S/C16H13ClOS/c1-11-4-2-3-5-15(11)18-10-14-9-12-8-13(17)6-7-16(12)19-14/h2-9H,10H2,1H3. The van der Waals surface area contributed by atoms with Crippen molar-refractivity contribution in [2.75, 3.05) is 0 Å². The number of thiophene rings is 1. The molecule has 3 rings (SSSR count). The summed E-state index contributed by atoms with van der Waals surface area (Å²) >= 11 is 7.74. The summed E-state index contributed by atoms with van der Waals surface area (Å²) in [6.07, 6.45) is 0. The van der Waals surface area contributed by atoms with Gasteiger partial charge in [0.25, 0.3) is 0 Å². The van der Waals surface area contributed by atoms with E-state index in [1.165, 1.54) is 15.0 Å². The van der Waals surface area contributed by atoms with E-state index in [0.717, 1.165) is 16.3 Å². The third-order valence-electron chi connectivity index (χ3n) is 2.99. The first-order valence-corrected chi connectivity index (χ1v) is 7.28. The minimum Gasteiger partial charge on any atom is -0.488 e. The summed E-state index contributed by atoms with van der Waals surface area (Å²) in [5.41, 5.74) is 1.16. The Labute approximate surface area is 121 Å². The van der Waals surface area contributed by atoms with Gasteiger partial charge in [-0.25, -0.2) is 0 Å². The number of para-hydroxylation sites is 1. The SMILES string of the molecule is Cc1ccccc1OCc1cc2cc(Cl)ccc2s1. The molecule has 0 aliphatic rings. The lowest BCUT2D eigenvalue weighted by Gasteiger charge is -2.06. The molecule has 1 heterocycles. The van der Waals surface area contributed by atoms with Crippen LogP contribution < -0.4 is 4.74 Å². The van der Waals surface area contributed by atoms with Crippen LogP contribution in [-0.2, 0) is 6.61 Å². The zero-order valence-electron chi connectivity index (χ0n) is 10.5. The van der Waals surface area contributed by atoms with Gasteiger partial charge in [0.05, 0.1) is 0 Å². The summed E-state index contributed by atoms with van der Waals surface area (Å²) in [4.78, 5) is 1.21. The van der Waals surface area contributed by atoms with Gasteiger partial charge in [-0.3, -0.25) is 0 Å². The van der Waals surface area contributed by atoms with E-state index in [1.807, 2.05) is 30.3 Å². The Morgan fingerprint density at radius 1 is 1.11 bits per heavy atom. The van der Waals surface area contributed by atoms with Gasteiger partial charge >= 0.3 is 0 Å². The van der Waals surface area contributed by atoms with Gasteiger partial charge in [-0.2, -0.15) is 0 Å². The molecule has 0 fully saturated rings. The van der Waals surface area contributed by atoms with Gasteiger partial charge in [0, 0.05) is 14.6 Å². The molecule has 0 aliphatic heterocycles. The van der Waals surface area contributed by atoms with Crippen molar-refractivity contribution in [3.63, 3.8) is 0 Å². The Balaban J connectivity index is 1.80. The average Bonchev–Trinajstić information content (AvgIpc) is 2.79. The van der Waals surface area contributed by atoms with Crippen molar-refractivity contribution >= 4 is 33.0 Å². The molecule has 0 aliphatic carbocycles. The predicted molar refractivity (Wildman–Crippen MR) is 82.3 cm³/mol. The lowest BCUT2D eigenvalue weighted by atomic mass is 10.2. The molecule has 0 bridgehead atoms. The minimum absolute atomic E-state index is 0.599. The second kappa shape index (κ2) is 5.24. The zero-order chi connectivity index (χ0) is 13.2. The van der Waals surface area contributed by atoms with Crippen LogP contribution in [0.25, 0.3) is 10.1 Å². The van der Waals surface area contributed by atoms with E-state index >= 15 is 0 Å². The minimum atomic E-state index is 0.599. The quantitative estimate of drug-likeness (QED) is 0.623. The molecular weight excluding hydrogens is 276 g/mol. The van der Waals surface area contributed by atoms with Crippen LogP contribution in [0.4, 0.5) is 0 Å². The van der Waals surface area contributed by atoms with Crippen molar-refractivity contribution in [3.8, 4) is 5.75 Å². The average molecular weight is 289 g/mol.